The van der Waals surface area contributed by atoms with Gasteiger partial charge in [-0.15, -0.1) is 14.8 Å². The summed E-state index contributed by atoms with van der Waals surface area (Å²) in [6.07, 6.45) is 0. The SMILES string of the molecule is COc1cc(N)ccc1Oc1ccc2nnnn2n1. The lowest BCUT2D eigenvalue weighted by Crippen LogP contribution is -1.98. The molecule has 0 fully saturated rings. The van der Waals surface area contributed by atoms with E-state index in [0.29, 0.717) is 28.7 Å². The van der Waals surface area contributed by atoms with Crippen molar-refractivity contribution in [3.05, 3.63) is 30.3 Å². The standard InChI is InChI=1S/C11H10N6O2/c1-18-9-6-7(12)2-3-8(9)19-11-5-4-10-13-15-16-17(10)14-11/h2-6H,12H2,1H3. The second kappa shape index (κ2) is 4.41. The van der Waals surface area contributed by atoms with Gasteiger partial charge in [0.25, 0.3) is 0 Å². The van der Waals surface area contributed by atoms with E-state index in [4.69, 9.17) is 15.2 Å². The number of ether oxygens (including phenoxy) is 2. The van der Waals surface area contributed by atoms with Crippen molar-refractivity contribution < 1.29 is 9.47 Å². The van der Waals surface area contributed by atoms with Crippen LogP contribution in [-0.4, -0.2) is 32.4 Å². The highest BCUT2D eigenvalue weighted by atomic mass is 16.5. The van der Waals surface area contributed by atoms with E-state index in [0.717, 1.165) is 0 Å². The highest BCUT2D eigenvalue weighted by Gasteiger charge is 2.08. The molecule has 1 aromatic carbocycles. The Labute approximate surface area is 107 Å². The van der Waals surface area contributed by atoms with E-state index < -0.39 is 0 Å². The summed E-state index contributed by atoms with van der Waals surface area (Å²) in [6, 6.07) is 8.46. The van der Waals surface area contributed by atoms with E-state index >= 15 is 0 Å². The normalized spacial score (nSPS) is 10.6. The van der Waals surface area contributed by atoms with Gasteiger partial charge < -0.3 is 15.2 Å². The molecule has 3 aromatic rings. The number of methoxy groups -OCH3 is 1. The maximum Gasteiger partial charge on any atom is 0.239 e. The highest BCUT2D eigenvalue weighted by molar-refractivity contribution is 5.52. The molecule has 2 aromatic heterocycles. The van der Waals surface area contributed by atoms with Gasteiger partial charge in [0.1, 0.15) is 0 Å². The van der Waals surface area contributed by atoms with Crippen LogP contribution in [0.2, 0.25) is 0 Å². The van der Waals surface area contributed by atoms with Gasteiger partial charge in [0.15, 0.2) is 17.1 Å². The average molecular weight is 258 g/mol. The van der Waals surface area contributed by atoms with Gasteiger partial charge in [-0.05, 0) is 28.6 Å². The number of fused-ring (bicyclic) bond motifs is 1. The molecule has 3 rings (SSSR count). The van der Waals surface area contributed by atoms with Crippen molar-refractivity contribution in [2.75, 3.05) is 12.8 Å². The summed E-state index contributed by atoms with van der Waals surface area (Å²) >= 11 is 0. The lowest BCUT2D eigenvalue weighted by atomic mass is 10.3. The summed E-state index contributed by atoms with van der Waals surface area (Å²) in [7, 11) is 1.54. The van der Waals surface area contributed by atoms with Crippen molar-refractivity contribution in [1.29, 1.82) is 0 Å². The van der Waals surface area contributed by atoms with Crippen molar-refractivity contribution in [1.82, 2.24) is 25.3 Å². The molecule has 0 unspecified atom stereocenters. The van der Waals surface area contributed by atoms with Crippen molar-refractivity contribution in [3.63, 3.8) is 0 Å². The second-order valence-electron chi connectivity index (χ2n) is 3.71. The molecule has 0 aliphatic rings. The van der Waals surface area contributed by atoms with E-state index in [-0.39, 0.29) is 0 Å². The lowest BCUT2D eigenvalue weighted by Gasteiger charge is -2.09. The van der Waals surface area contributed by atoms with Crippen LogP contribution in [-0.2, 0) is 0 Å². The van der Waals surface area contributed by atoms with Gasteiger partial charge in [-0.1, -0.05) is 0 Å². The number of hydrogen-bond acceptors (Lipinski definition) is 7. The molecule has 0 bridgehead atoms. The number of rotatable bonds is 3. The summed E-state index contributed by atoms with van der Waals surface area (Å²) in [5, 5.41) is 15.0. The zero-order valence-electron chi connectivity index (χ0n) is 10.0. The molecule has 0 radical (unpaired) electrons. The van der Waals surface area contributed by atoms with Gasteiger partial charge >= 0.3 is 0 Å². The Morgan fingerprint density at radius 1 is 1.16 bits per heavy atom. The van der Waals surface area contributed by atoms with Crippen LogP contribution in [0.3, 0.4) is 0 Å². The number of anilines is 1. The van der Waals surface area contributed by atoms with Crippen molar-refractivity contribution >= 4 is 11.3 Å². The summed E-state index contributed by atoms with van der Waals surface area (Å²) in [6.45, 7) is 0. The number of nitrogens with two attached hydrogens (primary N) is 1. The van der Waals surface area contributed by atoms with Crippen LogP contribution in [0.15, 0.2) is 30.3 Å². The van der Waals surface area contributed by atoms with Crippen LogP contribution in [0, 0.1) is 0 Å². The quantitative estimate of drug-likeness (QED) is 0.696. The first-order valence-electron chi connectivity index (χ1n) is 5.43. The molecular weight excluding hydrogens is 248 g/mol. The molecular formula is C11H10N6O2. The van der Waals surface area contributed by atoms with Crippen LogP contribution in [0.25, 0.3) is 5.65 Å². The number of hydrogen-bond donors (Lipinski definition) is 1. The Hall–Kier alpha value is -2.90. The highest BCUT2D eigenvalue weighted by Crippen LogP contribution is 2.32. The van der Waals surface area contributed by atoms with Crippen LogP contribution in [0.5, 0.6) is 17.4 Å². The monoisotopic (exact) mass is 258 g/mol. The molecule has 0 atom stereocenters. The van der Waals surface area contributed by atoms with Gasteiger partial charge in [0.2, 0.25) is 5.88 Å². The van der Waals surface area contributed by atoms with Crippen LogP contribution in [0.4, 0.5) is 5.69 Å². The fourth-order valence-corrected chi connectivity index (χ4v) is 1.57. The van der Waals surface area contributed by atoms with Crippen LogP contribution in [0.1, 0.15) is 0 Å². The minimum atomic E-state index is 0.350. The number of benzene rings is 1. The van der Waals surface area contributed by atoms with Gasteiger partial charge in [0, 0.05) is 17.8 Å². The Morgan fingerprint density at radius 3 is 2.89 bits per heavy atom. The Morgan fingerprint density at radius 2 is 2.05 bits per heavy atom. The lowest BCUT2D eigenvalue weighted by molar-refractivity contribution is 0.371. The van der Waals surface area contributed by atoms with Crippen LogP contribution < -0.4 is 15.2 Å². The summed E-state index contributed by atoms with van der Waals surface area (Å²) in [4.78, 5) is 0. The van der Waals surface area contributed by atoms with Gasteiger partial charge in [-0.2, -0.15) is 0 Å². The van der Waals surface area contributed by atoms with Gasteiger partial charge in [-0.25, -0.2) is 0 Å². The third kappa shape index (κ3) is 2.10. The first-order valence-corrected chi connectivity index (χ1v) is 5.43. The molecule has 0 amide bonds. The zero-order valence-corrected chi connectivity index (χ0v) is 10.0. The van der Waals surface area contributed by atoms with E-state index in [1.54, 1.807) is 37.4 Å². The minimum absolute atomic E-state index is 0.350. The topological polar surface area (TPSA) is 100 Å². The third-order valence-electron chi connectivity index (χ3n) is 2.45. The Kier molecular flexibility index (Phi) is 2.60. The predicted octanol–water partition coefficient (Wildman–Crippen LogP) is 0.902. The number of nitrogens with zero attached hydrogens (tertiary/aromatic N) is 5. The third-order valence-corrected chi connectivity index (χ3v) is 2.45. The largest absolute Gasteiger partial charge is 0.493 e. The number of aromatic nitrogens is 5. The fourth-order valence-electron chi connectivity index (χ4n) is 1.57. The summed E-state index contributed by atoms with van der Waals surface area (Å²) < 4.78 is 12.1. The molecule has 0 saturated heterocycles. The second-order valence-corrected chi connectivity index (χ2v) is 3.71. The molecule has 19 heavy (non-hydrogen) atoms. The molecule has 8 nitrogen and oxygen atoms in total. The minimum Gasteiger partial charge on any atom is -0.493 e. The molecule has 0 spiro atoms. The van der Waals surface area contributed by atoms with Crippen LogP contribution >= 0.6 is 0 Å². The first kappa shape index (κ1) is 11.2. The number of nitrogen functional groups attached to an aromatic ring is 1. The van der Waals surface area contributed by atoms with Crippen molar-refractivity contribution in [2.45, 2.75) is 0 Å². The molecule has 0 saturated carbocycles. The van der Waals surface area contributed by atoms with Crippen molar-refractivity contribution in [3.8, 4) is 17.4 Å². The van der Waals surface area contributed by atoms with E-state index in [1.165, 1.54) is 4.63 Å². The molecule has 0 aliphatic heterocycles. The first-order chi connectivity index (χ1) is 9.26. The maximum atomic E-state index is 5.68. The molecule has 0 aliphatic carbocycles. The average Bonchev–Trinajstić information content (AvgIpc) is 2.88. The van der Waals surface area contributed by atoms with E-state index in [9.17, 15) is 0 Å². The zero-order chi connectivity index (χ0) is 13.2. The number of tetrazole rings is 1. The van der Waals surface area contributed by atoms with Crippen molar-refractivity contribution in [2.24, 2.45) is 0 Å². The maximum absolute atomic E-state index is 5.68. The molecule has 96 valence electrons. The summed E-state index contributed by atoms with van der Waals surface area (Å²) in [5.74, 6) is 1.39. The molecule has 2 heterocycles. The predicted molar refractivity (Wildman–Crippen MR) is 66.1 cm³/mol. The van der Waals surface area contributed by atoms with E-state index in [2.05, 4.69) is 20.6 Å². The van der Waals surface area contributed by atoms with E-state index in [1.807, 2.05) is 0 Å². The van der Waals surface area contributed by atoms with Gasteiger partial charge in [-0.3, -0.25) is 0 Å². The smallest absolute Gasteiger partial charge is 0.239 e. The molecule has 2 N–H and O–H groups in total. The summed E-state index contributed by atoms with van der Waals surface area (Å²) in [5.41, 5.74) is 6.80. The Bertz CT molecular complexity index is 726. The Balaban J connectivity index is 1.95. The molecule has 8 heteroatoms. The van der Waals surface area contributed by atoms with Gasteiger partial charge in [0.05, 0.1) is 7.11 Å². The fraction of sp³-hybridized carbons (Fsp3) is 0.0909.